The van der Waals surface area contributed by atoms with Gasteiger partial charge in [-0.1, -0.05) is 19.9 Å². The Balaban J connectivity index is 1.56. The van der Waals surface area contributed by atoms with Gasteiger partial charge in [0.05, 0.1) is 13.2 Å². The number of benzene rings is 1. The minimum absolute atomic E-state index is 0.0883. The zero-order chi connectivity index (χ0) is 24.4. The fourth-order valence-corrected chi connectivity index (χ4v) is 4.96. The van der Waals surface area contributed by atoms with Crippen LogP contribution in [-0.4, -0.2) is 54.1 Å². The molecule has 0 aliphatic heterocycles. The van der Waals surface area contributed by atoms with E-state index in [1.807, 2.05) is 25.1 Å². The SMILES string of the molecule is COc1ccc(F)cc1-c1ccnc2[nH]c(C3=CCC(NC(=O)[C@@H](C(C)C)N(C)C)CC3)cc12. The molecule has 0 saturated carbocycles. The Labute approximate surface area is 200 Å². The predicted molar refractivity (Wildman–Crippen MR) is 134 cm³/mol. The summed E-state index contributed by atoms with van der Waals surface area (Å²) < 4.78 is 19.5. The lowest BCUT2D eigenvalue weighted by Crippen LogP contribution is -2.50. The molecule has 2 N–H and O–H groups in total. The second-order valence-electron chi connectivity index (χ2n) is 9.51. The minimum Gasteiger partial charge on any atom is -0.496 e. The molecule has 0 saturated heterocycles. The van der Waals surface area contributed by atoms with Gasteiger partial charge < -0.3 is 15.0 Å². The maximum Gasteiger partial charge on any atom is 0.237 e. The Morgan fingerprint density at radius 1 is 1.24 bits per heavy atom. The van der Waals surface area contributed by atoms with E-state index in [1.54, 1.807) is 19.4 Å². The largest absolute Gasteiger partial charge is 0.496 e. The number of H-pyrrole nitrogens is 1. The van der Waals surface area contributed by atoms with Gasteiger partial charge in [0.25, 0.3) is 0 Å². The Morgan fingerprint density at radius 2 is 2.03 bits per heavy atom. The molecule has 3 aromatic rings. The standard InChI is InChI=1S/C27H33FN4O2/c1-16(2)25(32(3)4)27(33)30-19-9-6-17(7-10-19)23-15-22-20(12-13-29-26(22)31-23)21-14-18(28)8-11-24(21)34-5/h6,8,11-16,19,25H,7,9-10H2,1-5H3,(H,29,31)(H,30,33)/t19?,25-/m1/s1. The van der Waals surface area contributed by atoms with Gasteiger partial charge in [-0.05, 0) is 80.7 Å². The molecule has 1 amide bonds. The fourth-order valence-electron chi connectivity index (χ4n) is 4.96. The average molecular weight is 465 g/mol. The van der Waals surface area contributed by atoms with E-state index in [2.05, 4.69) is 41.3 Å². The third-order valence-electron chi connectivity index (χ3n) is 6.54. The summed E-state index contributed by atoms with van der Waals surface area (Å²) in [5.74, 6) is 0.637. The molecule has 2 heterocycles. The monoisotopic (exact) mass is 464 g/mol. The highest BCUT2D eigenvalue weighted by atomic mass is 19.1. The fraction of sp³-hybridized carbons (Fsp3) is 0.407. The number of carbonyl (C=O) groups excluding carboxylic acids is 1. The number of fused-ring (bicyclic) bond motifs is 1. The van der Waals surface area contributed by atoms with Crippen molar-refractivity contribution in [3.8, 4) is 16.9 Å². The van der Waals surface area contributed by atoms with Crippen molar-refractivity contribution in [2.75, 3.05) is 21.2 Å². The van der Waals surface area contributed by atoms with Crippen molar-refractivity contribution in [3.63, 3.8) is 0 Å². The number of pyridine rings is 1. The molecule has 1 aliphatic rings. The molecular weight excluding hydrogens is 431 g/mol. The summed E-state index contributed by atoms with van der Waals surface area (Å²) in [4.78, 5) is 22.7. The topological polar surface area (TPSA) is 70.2 Å². The summed E-state index contributed by atoms with van der Waals surface area (Å²) in [6.45, 7) is 4.14. The molecule has 2 atom stereocenters. The van der Waals surface area contributed by atoms with Crippen LogP contribution in [0.4, 0.5) is 4.39 Å². The van der Waals surface area contributed by atoms with Gasteiger partial charge in [0.1, 0.15) is 17.2 Å². The van der Waals surface area contributed by atoms with Crippen LogP contribution in [0, 0.1) is 11.7 Å². The molecule has 180 valence electrons. The number of hydrogen-bond donors (Lipinski definition) is 2. The van der Waals surface area contributed by atoms with E-state index in [-0.39, 0.29) is 29.7 Å². The molecular formula is C27H33FN4O2. The van der Waals surface area contributed by atoms with Gasteiger partial charge in [-0.2, -0.15) is 0 Å². The first-order chi connectivity index (χ1) is 16.3. The van der Waals surface area contributed by atoms with Crippen molar-refractivity contribution in [3.05, 3.63) is 54.1 Å². The third-order valence-corrected chi connectivity index (χ3v) is 6.54. The number of allylic oxidation sites excluding steroid dienone is 1. The van der Waals surface area contributed by atoms with Crippen LogP contribution >= 0.6 is 0 Å². The van der Waals surface area contributed by atoms with Crippen LogP contribution in [0.2, 0.25) is 0 Å². The first kappa shape index (κ1) is 24.0. The van der Waals surface area contributed by atoms with Gasteiger partial charge >= 0.3 is 0 Å². The highest BCUT2D eigenvalue weighted by Crippen LogP contribution is 2.37. The van der Waals surface area contributed by atoms with Crippen LogP contribution in [0.5, 0.6) is 5.75 Å². The van der Waals surface area contributed by atoms with Crippen molar-refractivity contribution < 1.29 is 13.9 Å². The van der Waals surface area contributed by atoms with E-state index in [4.69, 9.17) is 4.74 Å². The number of carbonyl (C=O) groups is 1. The molecule has 0 radical (unpaired) electrons. The highest BCUT2D eigenvalue weighted by Gasteiger charge is 2.27. The number of aromatic amines is 1. The first-order valence-electron chi connectivity index (χ1n) is 11.8. The molecule has 2 aromatic heterocycles. The maximum atomic E-state index is 14.0. The second kappa shape index (κ2) is 9.97. The molecule has 6 nitrogen and oxygen atoms in total. The molecule has 0 bridgehead atoms. The lowest BCUT2D eigenvalue weighted by atomic mass is 9.92. The van der Waals surface area contributed by atoms with Crippen LogP contribution in [0.3, 0.4) is 0 Å². The minimum atomic E-state index is -0.312. The zero-order valence-corrected chi connectivity index (χ0v) is 20.5. The summed E-state index contributed by atoms with van der Waals surface area (Å²) in [6, 6.07) is 8.48. The predicted octanol–water partition coefficient (Wildman–Crippen LogP) is 5.02. The quantitative estimate of drug-likeness (QED) is 0.515. The molecule has 4 rings (SSSR count). The van der Waals surface area contributed by atoms with Crippen LogP contribution in [0.1, 0.15) is 38.8 Å². The Bertz CT molecular complexity index is 1210. The first-order valence-corrected chi connectivity index (χ1v) is 11.8. The van der Waals surface area contributed by atoms with E-state index in [0.717, 1.165) is 41.6 Å². The van der Waals surface area contributed by atoms with Gasteiger partial charge in [-0.3, -0.25) is 9.69 Å². The van der Waals surface area contributed by atoms with Crippen molar-refractivity contribution in [1.29, 1.82) is 0 Å². The third kappa shape index (κ3) is 4.85. The van der Waals surface area contributed by atoms with Crippen molar-refractivity contribution in [1.82, 2.24) is 20.2 Å². The second-order valence-corrected chi connectivity index (χ2v) is 9.51. The van der Waals surface area contributed by atoms with Crippen molar-refractivity contribution in [2.45, 2.75) is 45.2 Å². The Hall–Kier alpha value is -3.19. The lowest BCUT2D eigenvalue weighted by molar-refractivity contribution is -0.127. The number of rotatable bonds is 7. The van der Waals surface area contributed by atoms with E-state index in [9.17, 15) is 9.18 Å². The normalized spacial score (nSPS) is 17.2. The maximum absolute atomic E-state index is 14.0. The van der Waals surface area contributed by atoms with E-state index < -0.39 is 0 Å². The van der Waals surface area contributed by atoms with Crippen LogP contribution < -0.4 is 10.1 Å². The number of methoxy groups -OCH3 is 1. The molecule has 1 aliphatic carbocycles. The number of amides is 1. The average Bonchev–Trinajstić information content (AvgIpc) is 3.23. The summed E-state index contributed by atoms with van der Waals surface area (Å²) in [5.41, 5.74) is 4.52. The van der Waals surface area contributed by atoms with Gasteiger partial charge in [0.2, 0.25) is 5.91 Å². The molecule has 0 fully saturated rings. The van der Waals surface area contributed by atoms with Gasteiger partial charge in [-0.15, -0.1) is 0 Å². The Kier molecular flexibility index (Phi) is 7.03. The van der Waals surface area contributed by atoms with E-state index >= 15 is 0 Å². The number of hydrogen-bond acceptors (Lipinski definition) is 4. The zero-order valence-electron chi connectivity index (χ0n) is 20.5. The summed E-state index contributed by atoms with van der Waals surface area (Å²) in [5, 5.41) is 4.15. The van der Waals surface area contributed by atoms with Crippen LogP contribution in [0.25, 0.3) is 27.7 Å². The van der Waals surface area contributed by atoms with Gasteiger partial charge in [0, 0.05) is 28.9 Å². The molecule has 34 heavy (non-hydrogen) atoms. The summed E-state index contributed by atoms with van der Waals surface area (Å²) >= 11 is 0. The summed E-state index contributed by atoms with van der Waals surface area (Å²) in [6.07, 6.45) is 6.43. The lowest BCUT2D eigenvalue weighted by Gasteiger charge is -2.30. The van der Waals surface area contributed by atoms with E-state index in [0.29, 0.717) is 11.3 Å². The van der Waals surface area contributed by atoms with Crippen molar-refractivity contribution >= 4 is 22.5 Å². The van der Waals surface area contributed by atoms with Crippen LogP contribution in [-0.2, 0) is 4.79 Å². The Morgan fingerprint density at radius 3 is 2.68 bits per heavy atom. The number of ether oxygens (including phenoxy) is 1. The van der Waals surface area contributed by atoms with E-state index in [1.165, 1.54) is 17.7 Å². The molecule has 1 aromatic carbocycles. The van der Waals surface area contributed by atoms with Crippen LogP contribution in [0.15, 0.2) is 42.6 Å². The number of nitrogens with one attached hydrogen (secondary N) is 2. The molecule has 1 unspecified atom stereocenters. The van der Waals surface area contributed by atoms with Gasteiger partial charge in [-0.25, -0.2) is 9.37 Å². The molecule has 0 spiro atoms. The smallest absolute Gasteiger partial charge is 0.237 e. The number of likely N-dealkylation sites (N-methyl/N-ethyl adjacent to an activating group) is 1. The highest BCUT2D eigenvalue weighted by molar-refractivity contribution is 5.96. The van der Waals surface area contributed by atoms with Crippen molar-refractivity contribution in [2.24, 2.45) is 5.92 Å². The number of nitrogens with zero attached hydrogens (tertiary/aromatic N) is 2. The number of halogens is 1. The van der Waals surface area contributed by atoms with Gasteiger partial charge in [0.15, 0.2) is 0 Å². The summed E-state index contributed by atoms with van der Waals surface area (Å²) in [7, 11) is 5.48. The number of aromatic nitrogens is 2. The molecule has 7 heteroatoms.